The monoisotopic (exact) mass is 357 g/mol. The number of methoxy groups -OCH3 is 1. The SMILES string of the molecule is CO[C@@H]1C[C@H]2CN(C(=O)c3ccsc3)C[C@H]2C[C@H]1Nc1ccccn1. The third-order valence-electron chi connectivity index (χ3n) is 5.47. The lowest BCUT2D eigenvalue weighted by Crippen LogP contribution is -2.44. The van der Waals surface area contributed by atoms with Gasteiger partial charge in [0.05, 0.1) is 17.7 Å². The summed E-state index contributed by atoms with van der Waals surface area (Å²) >= 11 is 1.57. The summed E-state index contributed by atoms with van der Waals surface area (Å²) in [5.74, 6) is 2.10. The van der Waals surface area contributed by atoms with E-state index in [-0.39, 0.29) is 18.1 Å². The molecule has 4 atom stereocenters. The normalized spacial score (nSPS) is 28.6. The van der Waals surface area contributed by atoms with Gasteiger partial charge in [-0.1, -0.05) is 6.07 Å². The molecule has 1 saturated carbocycles. The molecule has 0 unspecified atom stereocenters. The number of ether oxygens (including phenoxy) is 1. The molecular weight excluding hydrogens is 334 g/mol. The van der Waals surface area contributed by atoms with E-state index in [1.165, 1.54) is 0 Å². The third kappa shape index (κ3) is 3.41. The van der Waals surface area contributed by atoms with Crippen LogP contribution in [0.1, 0.15) is 23.2 Å². The first-order valence-electron chi connectivity index (χ1n) is 8.76. The molecule has 1 aliphatic heterocycles. The molecular formula is C19H23N3O2S. The Balaban J connectivity index is 1.44. The molecule has 0 spiro atoms. The van der Waals surface area contributed by atoms with Crippen molar-refractivity contribution >= 4 is 23.1 Å². The van der Waals surface area contributed by atoms with Crippen molar-refractivity contribution in [2.24, 2.45) is 11.8 Å². The Kier molecular flexibility index (Phi) is 4.72. The Morgan fingerprint density at radius 1 is 1.28 bits per heavy atom. The van der Waals surface area contributed by atoms with Crippen molar-refractivity contribution in [3.05, 3.63) is 46.8 Å². The highest BCUT2D eigenvalue weighted by Crippen LogP contribution is 2.38. The average molecular weight is 357 g/mol. The van der Waals surface area contributed by atoms with E-state index >= 15 is 0 Å². The molecule has 0 radical (unpaired) electrons. The molecule has 2 fully saturated rings. The summed E-state index contributed by atoms with van der Waals surface area (Å²) in [6.07, 6.45) is 3.94. The van der Waals surface area contributed by atoms with Gasteiger partial charge in [0.1, 0.15) is 5.82 Å². The number of likely N-dealkylation sites (tertiary alicyclic amines) is 1. The zero-order valence-corrected chi connectivity index (χ0v) is 15.1. The van der Waals surface area contributed by atoms with Crippen LogP contribution in [0.25, 0.3) is 0 Å². The number of thiophene rings is 1. The molecule has 25 heavy (non-hydrogen) atoms. The summed E-state index contributed by atoms with van der Waals surface area (Å²) in [6.45, 7) is 1.69. The van der Waals surface area contributed by atoms with Gasteiger partial charge in [-0.15, -0.1) is 0 Å². The van der Waals surface area contributed by atoms with Crippen LogP contribution in [0.3, 0.4) is 0 Å². The van der Waals surface area contributed by atoms with Crippen LogP contribution in [0.2, 0.25) is 0 Å². The molecule has 1 saturated heterocycles. The van der Waals surface area contributed by atoms with Crippen molar-refractivity contribution in [3.8, 4) is 0 Å². The number of pyridine rings is 1. The van der Waals surface area contributed by atoms with Crippen LogP contribution in [-0.4, -0.2) is 48.1 Å². The molecule has 2 aromatic rings. The lowest BCUT2D eigenvalue weighted by molar-refractivity contribution is 0.0304. The minimum absolute atomic E-state index is 0.152. The van der Waals surface area contributed by atoms with Gasteiger partial charge in [0.2, 0.25) is 0 Å². The average Bonchev–Trinajstić information content (AvgIpc) is 3.31. The highest BCUT2D eigenvalue weighted by molar-refractivity contribution is 7.08. The zero-order valence-electron chi connectivity index (χ0n) is 14.3. The summed E-state index contributed by atoms with van der Waals surface area (Å²) in [7, 11) is 1.78. The van der Waals surface area contributed by atoms with E-state index in [0.29, 0.717) is 11.8 Å². The van der Waals surface area contributed by atoms with E-state index in [0.717, 1.165) is 37.3 Å². The molecule has 1 N–H and O–H groups in total. The lowest BCUT2D eigenvalue weighted by atomic mass is 9.77. The van der Waals surface area contributed by atoms with Gasteiger partial charge in [-0.25, -0.2) is 4.98 Å². The Morgan fingerprint density at radius 3 is 2.80 bits per heavy atom. The minimum Gasteiger partial charge on any atom is -0.379 e. The molecule has 0 bridgehead atoms. The topological polar surface area (TPSA) is 54.5 Å². The number of nitrogens with one attached hydrogen (secondary N) is 1. The van der Waals surface area contributed by atoms with Crippen molar-refractivity contribution in [1.82, 2.24) is 9.88 Å². The summed E-state index contributed by atoms with van der Waals surface area (Å²) in [6, 6.07) is 8.04. The minimum atomic E-state index is 0.152. The molecule has 0 aromatic carbocycles. The van der Waals surface area contributed by atoms with E-state index in [2.05, 4.69) is 10.3 Å². The molecule has 5 nitrogen and oxygen atoms in total. The van der Waals surface area contributed by atoms with Crippen molar-refractivity contribution in [3.63, 3.8) is 0 Å². The maximum atomic E-state index is 12.7. The van der Waals surface area contributed by atoms with Gasteiger partial charge >= 0.3 is 0 Å². The fourth-order valence-corrected chi connectivity index (χ4v) is 4.83. The van der Waals surface area contributed by atoms with E-state index in [4.69, 9.17) is 4.74 Å². The standard InChI is InChI=1S/C19H23N3O2S/c1-24-17-9-15-11-22(19(23)13-5-7-25-12-13)10-14(15)8-16(17)21-18-4-2-3-6-20-18/h2-7,12,14-17H,8-11H2,1H3,(H,20,21)/t14-,15+,16-,17-/m1/s1. The Hall–Kier alpha value is -1.92. The van der Waals surface area contributed by atoms with Gasteiger partial charge < -0.3 is 15.0 Å². The molecule has 6 heteroatoms. The fraction of sp³-hybridized carbons (Fsp3) is 0.474. The molecule has 3 heterocycles. The van der Waals surface area contributed by atoms with Crippen molar-refractivity contribution in [2.45, 2.75) is 25.0 Å². The summed E-state index contributed by atoms with van der Waals surface area (Å²) < 4.78 is 5.76. The van der Waals surface area contributed by atoms with Crippen LogP contribution < -0.4 is 5.32 Å². The summed E-state index contributed by atoms with van der Waals surface area (Å²) in [5.41, 5.74) is 0.815. The highest BCUT2D eigenvalue weighted by atomic mass is 32.1. The number of carbonyl (C=O) groups excluding carboxylic acids is 1. The summed E-state index contributed by atoms with van der Waals surface area (Å²) in [5, 5.41) is 7.43. The number of aromatic nitrogens is 1. The second-order valence-electron chi connectivity index (χ2n) is 6.95. The predicted molar refractivity (Wildman–Crippen MR) is 98.9 cm³/mol. The van der Waals surface area contributed by atoms with Crippen LogP contribution >= 0.6 is 11.3 Å². The van der Waals surface area contributed by atoms with Crippen LogP contribution in [0, 0.1) is 11.8 Å². The second-order valence-corrected chi connectivity index (χ2v) is 7.73. The first-order chi connectivity index (χ1) is 12.2. The predicted octanol–water partition coefficient (Wildman–Crippen LogP) is 3.12. The Labute approximate surface area is 152 Å². The number of carbonyl (C=O) groups is 1. The van der Waals surface area contributed by atoms with Gasteiger partial charge in [0.15, 0.2) is 0 Å². The third-order valence-corrected chi connectivity index (χ3v) is 6.16. The largest absolute Gasteiger partial charge is 0.379 e. The number of fused-ring (bicyclic) bond motifs is 1. The molecule has 1 aliphatic carbocycles. The van der Waals surface area contributed by atoms with Gasteiger partial charge in [-0.3, -0.25) is 4.79 Å². The smallest absolute Gasteiger partial charge is 0.254 e. The van der Waals surface area contributed by atoms with Crippen LogP contribution in [0.4, 0.5) is 5.82 Å². The Bertz CT molecular complexity index is 707. The number of nitrogens with zero attached hydrogens (tertiary/aromatic N) is 2. The van der Waals surface area contributed by atoms with Crippen molar-refractivity contribution in [2.75, 3.05) is 25.5 Å². The number of hydrogen-bond donors (Lipinski definition) is 1. The zero-order chi connectivity index (χ0) is 17.2. The van der Waals surface area contributed by atoms with Crippen molar-refractivity contribution < 1.29 is 9.53 Å². The quantitative estimate of drug-likeness (QED) is 0.913. The maximum absolute atomic E-state index is 12.7. The van der Waals surface area contributed by atoms with Crippen LogP contribution in [0.5, 0.6) is 0 Å². The first kappa shape index (κ1) is 16.5. The Morgan fingerprint density at radius 2 is 2.12 bits per heavy atom. The summed E-state index contributed by atoms with van der Waals surface area (Å²) in [4.78, 5) is 19.0. The van der Waals surface area contributed by atoms with Gasteiger partial charge in [-0.05, 0) is 48.3 Å². The molecule has 1 amide bonds. The number of rotatable bonds is 4. The molecule has 2 aliphatic rings. The number of amides is 1. The van der Waals surface area contributed by atoms with E-state index in [1.54, 1.807) is 24.6 Å². The van der Waals surface area contributed by atoms with E-state index in [1.807, 2.05) is 39.9 Å². The van der Waals surface area contributed by atoms with Crippen LogP contribution in [0.15, 0.2) is 41.2 Å². The molecule has 2 aromatic heterocycles. The molecule has 4 rings (SSSR count). The lowest BCUT2D eigenvalue weighted by Gasteiger charge is -2.37. The van der Waals surface area contributed by atoms with E-state index in [9.17, 15) is 4.79 Å². The fourth-order valence-electron chi connectivity index (χ4n) is 4.20. The van der Waals surface area contributed by atoms with Gasteiger partial charge in [0.25, 0.3) is 5.91 Å². The second kappa shape index (κ2) is 7.14. The van der Waals surface area contributed by atoms with Crippen molar-refractivity contribution in [1.29, 1.82) is 0 Å². The van der Waals surface area contributed by atoms with Crippen LogP contribution in [-0.2, 0) is 4.74 Å². The number of hydrogen-bond acceptors (Lipinski definition) is 5. The molecule has 132 valence electrons. The van der Waals surface area contributed by atoms with Gasteiger partial charge in [-0.2, -0.15) is 11.3 Å². The number of anilines is 1. The maximum Gasteiger partial charge on any atom is 0.254 e. The van der Waals surface area contributed by atoms with Gasteiger partial charge in [0, 0.05) is 31.8 Å². The highest BCUT2D eigenvalue weighted by Gasteiger charge is 2.43. The first-order valence-corrected chi connectivity index (χ1v) is 9.70. The van der Waals surface area contributed by atoms with E-state index < -0.39 is 0 Å².